The van der Waals surface area contributed by atoms with Gasteiger partial charge in [-0.3, -0.25) is 0 Å². The number of fused-ring (bicyclic) bond motifs is 4. The van der Waals surface area contributed by atoms with Crippen molar-refractivity contribution in [1.29, 1.82) is 0 Å². The summed E-state index contributed by atoms with van der Waals surface area (Å²) in [6, 6.07) is 10.1. The van der Waals surface area contributed by atoms with Crippen molar-refractivity contribution in [3.63, 3.8) is 0 Å². The van der Waals surface area contributed by atoms with Crippen molar-refractivity contribution in [1.82, 2.24) is 5.06 Å². The lowest BCUT2D eigenvalue weighted by Gasteiger charge is -2.17. The van der Waals surface area contributed by atoms with Gasteiger partial charge in [0, 0.05) is 19.0 Å². The maximum absolute atomic E-state index is 9.54. The molecule has 0 saturated heterocycles. The molecule has 1 N–H and O–H groups in total. The Morgan fingerprint density at radius 3 is 2.50 bits per heavy atom. The molecule has 0 aliphatic carbocycles. The van der Waals surface area contributed by atoms with Gasteiger partial charge in [-0.15, -0.1) is 0 Å². The van der Waals surface area contributed by atoms with Crippen molar-refractivity contribution in [2.75, 3.05) is 34.6 Å². The molecule has 0 fully saturated rings. The summed E-state index contributed by atoms with van der Waals surface area (Å²) in [5.74, 6) is 2.83. The van der Waals surface area contributed by atoms with Crippen LogP contribution in [-0.4, -0.2) is 44.9 Å². The quantitative estimate of drug-likeness (QED) is 0.557. The molecule has 1 heterocycles. The summed E-state index contributed by atoms with van der Waals surface area (Å²) in [6.45, 7) is 0.752. The van der Waals surface area contributed by atoms with Crippen LogP contribution in [0.2, 0.25) is 0 Å². The SMILES string of the molecule is COc1cc(CCN(C)O)c2ccc3cc4c(cc3c2c1OC)OCO4. The Bertz CT molecular complexity index is 983. The van der Waals surface area contributed by atoms with E-state index in [2.05, 4.69) is 12.1 Å². The maximum Gasteiger partial charge on any atom is 0.231 e. The molecule has 6 heteroatoms. The topological polar surface area (TPSA) is 60.4 Å². The molecule has 0 saturated carbocycles. The zero-order chi connectivity index (χ0) is 18.3. The molecule has 3 aromatic rings. The summed E-state index contributed by atoms with van der Waals surface area (Å²) in [6.07, 6.45) is 0.680. The van der Waals surface area contributed by atoms with Gasteiger partial charge in [-0.25, -0.2) is 0 Å². The summed E-state index contributed by atoms with van der Waals surface area (Å²) in [7, 11) is 4.91. The van der Waals surface area contributed by atoms with Crippen LogP contribution >= 0.6 is 0 Å². The molecule has 1 aliphatic heterocycles. The molecule has 0 spiro atoms. The number of ether oxygens (including phenoxy) is 4. The highest BCUT2D eigenvalue weighted by molar-refractivity contribution is 6.13. The van der Waals surface area contributed by atoms with Crippen molar-refractivity contribution in [2.24, 2.45) is 0 Å². The average Bonchev–Trinajstić information content (AvgIpc) is 3.10. The fourth-order valence-corrected chi connectivity index (χ4v) is 3.49. The first-order valence-electron chi connectivity index (χ1n) is 8.42. The average molecular weight is 355 g/mol. The van der Waals surface area contributed by atoms with Crippen LogP contribution in [0.4, 0.5) is 0 Å². The highest BCUT2D eigenvalue weighted by Crippen LogP contribution is 2.45. The Labute approximate surface area is 151 Å². The van der Waals surface area contributed by atoms with Crippen LogP contribution in [0, 0.1) is 0 Å². The number of nitrogens with zero attached hydrogens (tertiary/aromatic N) is 1. The predicted octanol–water partition coefficient (Wildman–Crippen LogP) is 3.60. The van der Waals surface area contributed by atoms with E-state index in [4.69, 9.17) is 18.9 Å². The Hall–Kier alpha value is -2.70. The van der Waals surface area contributed by atoms with Gasteiger partial charge in [0.2, 0.25) is 6.79 Å². The summed E-state index contributed by atoms with van der Waals surface area (Å²) in [4.78, 5) is 0. The van der Waals surface area contributed by atoms with Crippen LogP contribution in [0.5, 0.6) is 23.0 Å². The third-order valence-corrected chi connectivity index (χ3v) is 4.74. The van der Waals surface area contributed by atoms with Crippen molar-refractivity contribution in [3.8, 4) is 23.0 Å². The lowest BCUT2D eigenvalue weighted by Crippen LogP contribution is -2.16. The molecule has 136 valence electrons. The highest BCUT2D eigenvalue weighted by atomic mass is 16.7. The van der Waals surface area contributed by atoms with E-state index in [0.29, 0.717) is 24.5 Å². The first-order valence-corrected chi connectivity index (χ1v) is 8.42. The zero-order valence-electron chi connectivity index (χ0n) is 15.0. The number of methoxy groups -OCH3 is 2. The van der Waals surface area contributed by atoms with E-state index in [1.54, 1.807) is 21.3 Å². The molecule has 26 heavy (non-hydrogen) atoms. The predicted molar refractivity (Wildman–Crippen MR) is 98.8 cm³/mol. The number of hydrogen-bond donors (Lipinski definition) is 1. The number of rotatable bonds is 5. The summed E-state index contributed by atoms with van der Waals surface area (Å²) in [5, 5.41) is 14.8. The second-order valence-electron chi connectivity index (χ2n) is 6.32. The van der Waals surface area contributed by atoms with Crippen molar-refractivity contribution in [2.45, 2.75) is 6.42 Å². The monoisotopic (exact) mass is 355 g/mol. The number of benzene rings is 3. The summed E-state index contributed by atoms with van der Waals surface area (Å²) in [5.41, 5.74) is 1.08. The van der Waals surface area contributed by atoms with E-state index in [9.17, 15) is 5.21 Å². The van der Waals surface area contributed by atoms with Gasteiger partial charge in [0.25, 0.3) is 0 Å². The van der Waals surface area contributed by atoms with Gasteiger partial charge in [-0.05, 0) is 46.3 Å². The van der Waals surface area contributed by atoms with Gasteiger partial charge in [-0.2, -0.15) is 5.06 Å². The number of likely N-dealkylation sites (N-methyl/N-ethyl adjacent to an activating group) is 1. The van der Waals surface area contributed by atoms with Crippen LogP contribution < -0.4 is 18.9 Å². The highest BCUT2D eigenvalue weighted by Gasteiger charge is 2.20. The molecule has 0 bridgehead atoms. The van der Waals surface area contributed by atoms with Crippen LogP contribution in [0.15, 0.2) is 30.3 Å². The fraction of sp³-hybridized carbons (Fsp3) is 0.300. The minimum Gasteiger partial charge on any atom is -0.493 e. The first kappa shape index (κ1) is 16.8. The van der Waals surface area contributed by atoms with Crippen LogP contribution in [0.3, 0.4) is 0 Å². The van der Waals surface area contributed by atoms with E-state index in [-0.39, 0.29) is 6.79 Å². The van der Waals surface area contributed by atoms with E-state index < -0.39 is 0 Å². The second-order valence-corrected chi connectivity index (χ2v) is 6.32. The standard InChI is InChI=1S/C20H21NO5/c1-21(22)7-6-13-9-18(23-2)20(24-3)19-14(13)5-4-12-8-16-17(10-15(12)19)26-11-25-16/h4-5,8-10,22H,6-7,11H2,1-3H3. The molecule has 0 radical (unpaired) electrons. The zero-order valence-corrected chi connectivity index (χ0v) is 15.0. The first-order chi connectivity index (χ1) is 12.6. The molecular weight excluding hydrogens is 334 g/mol. The minimum absolute atomic E-state index is 0.234. The van der Waals surface area contributed by atoms with Crippen LogP contribution in [0.25, 0.3) is 21.5 Å². The largest absolute Gasteiger partial charge is 0.493 e. The molecule has 0 atom stereocenters. The molecule has 0 aromatic heterocycles. The Kier molecular flexibility index (Phi) is 4.22. The van der Waals surface area contributed by atoms with Gasteiger partial charge in [0.1, 0.15) is 0 Å². The smallest absolute Gasteiger partial charge is 0.231 e. The van der Waals surface area contributed by atoms with Crippen LogP contribution in [0.1, 0.15) is 5.56 Å². The van der Waals surface area contributed by atoms with Gasteiger partial charge in [0.15, 0.2) is 23.0 Å². The third kappa shape index (κ3) is 2.67. The summed E-state index contributed by atoms with van der Waals surface area (Å²) < 4.78 is 22.3. The van der Waals surface area contributed by atoms with Gasteiger partial charge >= 0.3 is 0 Å². The molecule has 6 nitrogen and oxygen atoms in total. The molecule has 0 amide bonds. The molecule has 4 rings (SSSR count). The lowest BCUT2D eigenvalue weighted by molar-refractivity contribution is -0.0634. The molecule has 3 aromatic carbocycles. The normalized spacial score (nSPS) is 13.0. The fourth-order valence-electron chi connectivity index (χ4n) is 3.49. The number of hydroxylamine groups is 2. The van der Waals surface area contributed by atoms with E-state index in [1.165, 1.54) is 5.06 Å². The maximum atomic E-state index is 9.54. The Morgan fingerprint density at radius 1 is 1.04 bits per heavy atom. The van der Waals surface area contributed by atoms with E-state index in [1.807, 2.05) is 18.2 Å². The minimum atomic E-state index is 0.234. The number of hydrogen-bond acceptors (Lipinski definition) is 6. The molecule has 0 unspecified atom stereocenters. The molecule has 1 aliphatic rings. The van der Waals surface area contributed by atoms with E-state index >= 15 is 0 Å². The molecular formula is C20H21NO5. The van der Waals surface area contributed by atoms with E-state index in [0.717, 1.165) is 38.6 Å². The Morgan fingerprint density at radius 2 is 1.81 bits per heavy atom. The van der Waals surface area contributed by atoms with Gasteiger partial charge in [-0.1, -0.05) is 12.1 Å². The lowest BCUT2D eigenvalue weighted by atomic mass is 9.95. The van der Waals surface area contributed by atoms with Crippen LogP contribution in [-0.2, 0) is 6.42 Å². The van der Waals surface area contributed by atoms with Gasteiger partial charge < -0.3 is 24.2 Å². The van der Waals surface area contributed by atoms with Gasteiger partial charge in [0.05, 0.1) is 14.2 Å². The Balaban J connectivity index is 2.04. The van der Waals surface area contributed by atoms with Crippen molar-refractivity contribution >= 4 is 21.5 Å². The third-order valence-electron chi connectivity index (χ3n) is 4.74. The second kappa shape index (κ2) is 6.55. The van der Waals surface area contributed by atoms with Crippen molar-refractivity contribution in [3.05, 3.63) is 35.9 Å². The van der Waals surface area contributed by atoms with Crippen molar-refractivity contribution < 1.29 is 24.2 Å². The summed E-state index contributed by atoms with van der Waals surface area (Å²) >= 11 is 0.